The zero-order valence-corrected chi connectivity index (χ0v) is 10.4. The van der Waals surface area contributed by atoms with Crippen molar-refractivity contribution >= 4 is 17.8 Å². The minimum Gasteiger partial charge on any atom is -0.480 e. The van der Waals surface area contributed by atoms with Crippen LogP contribution in [-0.4, -0.2) is 35.5 Å². The van der Waals surface area contributed by atoms with Crippen molar-refractivity contribution in [2.45, 2.75) is 39.7 Å². The topological polar surface area (TPSA) is 95.5 Å². The first-order chi connectivity index (χ1) is 7.82. The summed E-state index contributed by atoms with van der Waals surface area (Å²) in [4.78, 5) is 32.9. The molecule has 0 rings (SSSR count). The Kier molecular flexibility index (Phi) is 6.93. The molecule has 17 heavy (non-hydrogen) atoms. The van der Waals surface area contributed by atoms with Gasteiger partial charge in [0, 0.05) is 6.42 Å². The average molecular weight is 244 g/mol. The molecule has 0 saturated heterocycles. The summed E-state index contributed by atoms with van der Waals surface area (Å²) in [6, 6.07) is -0.949. The van der Waals surface area contributed by atoms with Crippen molar-refractivity contribution in [1.29, 1.82) is 0 Å². The van der Waals surface area contributed by atoms with Crippen molar-refractivity contribution in [1.82, 2.24) is 10.6 Å². The summed E-state index contributed by atoms with van der Waals surface area (Å²) < 4.78 is 0. The van der Waals surface area contributed by atoms with Crippen molar-refractivity contribution in [3.8, 4) is 0 Å². The van der Waals surface area contributed by atoms with E-state index in [1.807, 2.05) is 13.8 Å². The quantitative estimate of drug-likeness (QED) is 0.593. The lowest BCUT2D eigenvalue weighted by atomic mass is 10.1. The van der Waals surface area contributed by atoms with Crippen molar-refractivity contribution in [2.24, 2.45) is 5.92 Å². The lowest BCUT2D eigenvalue weighted by Gasteiger charge is -2.10. The highest BCUT2D eigenvalue weighted by molar-refractivity contribution is 5.87. The molecular formula is C11H20N2O4. The highest BCUT2D eigenvalue weighted by Gasteiger charge is 2.14. The van der Waals surface area contributed by atoms with E-state index in [2.05, 4.69) is 10.6 Å². The molecule has 0 aromatic carbocycles. The normalized spacial score (nSPS) is 12.0. The second-order valence-corrected chi connectivity index (χ2v) is 4.34. The molecule has 0 aliphatic rings. The summed E-state index contributed by atoms with van der Waals surface area (Å²) in [6.07, 6.45) is 1.14. The van der Waals surface area contributed by atoms with Crippen LogP contribution in [0.3, 0.4) is 0 Å². The van der Waals surface area contributed by atoms with Crippen molar-refractivity contribution in [2.75, 3.05) is 6.54 Å². The van der Waals surface area contributed by atoms with Crippen LogP contribution in [-0.2, 0) is 14.4 Å². The Morgan fingerprint density at radius 3 is 2.18 bits per heavy atom. The second-order valence-electron chi connectivity index (χ2n) is 4.34. The Morgan fingerprint density at radius 2 is 1.71 bits per heavy atom. The number of hydrogen-bond donors (Lipinski definition) is 3. The van der Waals surface area contributed by atoms with Crippen LogP contribution in [0.4, 0.5) is 0 Å². The third-order valence-corrected chi connectivity index (χ3v) is 2.14. The van der Waals surface area contributed by atoms with Gasteiger partial charge >= 0.3 is 5.97 Å². The smallest absolute Gasteiger partial charge is 0.325 e. The summed E-state index contributed by atoms with van der Waals surface area (Å²) in [7, 11) is 0. The number of carbonyl (C=O) groups excluding carboxylic acids is 2. The summed E-state index contributed by atoms with van der Waals surface area (Å²) in [6.45, 7) is 5.19. The van der Waals surface area contributed by atoms with Crippen LogP contribution < -0.4 is 10.6 Å². The highest BCUT2D eigenvalue weighted by Crippen LogP contribution is 2.02. The number of carboxylic acids is 1. The molecule has 0 aliphatic heterocycles. The molecule has 98 valence electrons. The molecule has 0 unspecified atom stereocenters. The van der Waals surface area contributed by atoms with E-state index in [0.717, 1.165) is 6.42 Å². The molecule has 0 aliphatic carbocycles. The number of rotatable bonds is 7. The van der Waals surface area contributed by atoms with Gasteiger partial charge in [-0.2, -0.15) is 0 Å². The zero-order chi connectivity index (χ0) is 13.4. The Hall–Kier alpha value is -1.59. The highest BCUT2D eigenvalue weighted by atomic mass is 16.4. The molecule has 0 spiro atoms. The molecule has 6 nitrogen and oxygen atoms in total. The fraction of sp³-hybridized carbons (Fsp3) is 0.727. The van der Waals surface area contributed by atoms with Crippen LogP contribution in [0.25, 0.3) is 0 Å². The maximum atomic E-state index is 11.3. The number of hydrogen-bond acceptors (Lipinski definition) is 3. The molecule has 1 atom stereocenters. The number of amides is 2. The monoisotopic (exact) mass is 244 g/mol. The fourth-order valence-corrected chi connectivity index (χ4v) is 1.04. The van der Waals surface area contributed by atoms with Crippen LogP contribution in [0, 0.1) is 5.92 Å². The van der Waals surface area contributed by atoms with Gasteiger partial charge in [0.2, 0.25) is 11.8 Å². The van der Waals surface area contributed by atoms with Gasteiger partial charge in [0.1, 0.15) is 6.04 Å². The molecule has 0 aromatic heterocycles. The van der Waals surface area contributed by atoms with Gasteiger partial charge in [-0.3, -0.25) is 14.4 Å². The molecule has 0 saturated carbocycles. The van der Waals surface area contributed by atoms with E-state index in [-0.39, 0.29) is 12.5 Å². The van der Waals surface area contributed by atoms with Crippen molar-refractivity contribution < 1.29 is 19.5 Å². The molecule has 2 amide bonds. The number of carboxylic acid groups (broad SMARTS) is 1. The van der Waals surface area contributed by atoms with Crippen LogP contribution >= 0.6 is 0 Å². The lowest BCUT2D eigenvalue weighted by Crippen LogP contribution is -2.44. The number of carbonyl (C=O) groups is 3. The molecule has 0 fully saturated rings. The maximum Gasteiger partial charge on any atom is 0.325 e. The Bertz CT molecular complexity index is 289. The third-order valence-electron chi connectivity index (χ3n) is 2.14. The van der Waals surface area contributed by atoms with Crippen LogP contribution in [0.2, 0.25) is 0 Å². The molecule has 0 bridgehead atoms. The molecule has 6 heteroatoms. The zero-order valence-electron chi connectivity index (χ0n) is 10.4. The van der Waals surface area contributed by atoms with E-state index in [1.165, 1.54) is 6.92 Å². The largest absolute Gasteiger partial charge is 0.480 e. The molecule has 0 aromatic rings. The van der Waals surface area contributed by atoms with E-state index in [4.69, 9.17) is 5.11 Å². The van der Waals surface area contributed by atoms with Gasteiger partial charge in [-0.15, -0.1) is 0 Å². The standard InChI is InChI=1S/C11H20N2O4/c1-7(2)4-5-9(14)12-6-10(15)13-8(3)11(16)17/h7-8H,4-6H2,1-3H3,(H,12,14)(H,13,15)(H,16,17)/t8-/m1/s1. The third kappa shape index (κ3) is 8.24. The van der Waals surface area contributed by atoms with Gasteiger partial charge in [-0.1, -0.05) is 13.8 Å². The Labute approximate surface area is 101 Å². The van der Waals surface area contributed by atoms with E-state index in [9.17, 15) is 14.4 Å². The Morgan fingerprint density at radius 1 is 1.12 bits per heavy atom. The first-order valence-corrected chi connectivity index (χ1v) is 5.61. The number of nitrogens with one attached hydrogen (secondary N) is 2. The van der Waals surface area contributed by atoms with Crippen LogP contribution in [0.5, 0.6) is 0 Å². The fourth-order valence-electron chi connectivity index (χ4n) is 1.04. The number of aliphatic carboxylic acids is 1. The average Bonchev–Trinajstić information content (AvgIpc) is 2.23. The van der Waals surface area contributed by atoms with E-state index in [1.54, 1.807) is 0 Å². The first-order valence-electron chi connectivity index (χ1n) is 5.61. The summed E-state index contributed by atoms with van der Waals surface area (Å²) in [5.41, 5.74) is 0. The van der Waals surface area contributed by atoms with Gasteiger partial charge in [0.25, 0.3) is 0 Å². The maximum absolute atomic E-state index is 11.3. The predicted molar refractivity (Wildman–Crippen MR) is 62.3 cm³/mol. The van der Waals surface area contributed by atoms with Gasteiger partial charge < -0.3 is 15.7 Å². The predicted octanol–water partition coefficient (Wildman–Crippen LogP) is 0.128. The van der Waals surface area contributed by atoms with Crippen molar-refractivity contribution in [3.63, 3.8) is 0 Å². The minimum absolute atomic E-state index is 0.186. The summed E-state index contributed by atoms with van der Waals surface area (Å²) in [5, 5.41) is 13.2. The molecule has 3 N–H and O–H groups in total. The molecule has 0 heterocycles. The molecular weight excluding hydrogens is 224 g/mol. The van der Waals surface area contributed by atoms with Crippen LogP contribution in [0.1, 0.15) is 33.6 Å². The van der Waals surface area contributed by atoms with Crippen molar-refractivity contribution in [3.05, 3.63) is 0 Å². The van der Waals surface area contributed by atoms with Gasteiger partial charge in [0.15, 0.2) is 0 Å². The van der Waals surface area contributed by atoms with Gasteiger partial charge in [-0.25, -0.2) is 0 Å². The van der Waals surface area contributed by atoms with E-state index in [0.29, 0.717) is 12.3 Å². The van der Waals surface area contributed by atoms with Crippen LogP contribution in [0.15, 0.2) is 0 Å². The van der Waals surface area contributed by atoms with Gasteiger partial charge in [-0.05, 0) is 19.3 Å². The first kappa shape index (κ1) is 15.4. The lowest BCUT2D eigenvalue weighted by molar-refractivity contribution is -0.141. The minimum atomic E-state index is -1.11. The summed E-state index contributed by atoms with van der Waals surface area (Å²) in [5.74, 6) is -1.37. The van der Waals surface area contributed by atoms with Gasteiger partial charge in [0.05, 0.1) is 6.54 Å². The SMILES string of the molecule is CC(C)CCC(=O)NCC(=O)N[C@H](C)C(=O)O. The Balaban J connectivity index is 3.77. The second kappa shape index (κ2) is 7.65. The van der Waals surface area contributed by atoms with E-state index < -0.39 is 17.9 Å². The summed E-state index contributed by atoms with van der Waals surface area (Å²) >= 11 is 0. The van der Waals surface area contributed by atoms with E-state index >= 15 is 0 Å². The molecule has 0 radical (unpaired) electrons.